The van der Waals surface area contributed by atoms with Crippen LogP contribution in [0.1, 0.15) is 12.0 Å². The van der Waals surface area contributed by atoms with Gasteiger partial charge in [-0.3, -0.25) is 0 Å². The molecule has 1 saturated heterocycles. The van der Waals surface area contributed by atoms with E-state index in [4.69, 9.17) is 4.74 Å². The molecule has 0 aliphatic carbocycles. The summed E-state index contributed by atoms with van der Waals surface area (Å²) in [5, 5.41) is 3.30. The van der Waals surface area contributed by atoms with E-state index in [0.29, 0.717) is 5.75 Å². The molecule has 1 atom stereocenters. The van der Waals surface area contributed by atoms with Crippen LogP contribution < -0.4 is 10.1 Å². The van der Waals surface area contributed by atoms with Crippen molar-refractivity contribution >= 4 is 9.84 Å². The minimum Gasteiger partial charge on any atom is -0.496 e. The zero-order valence-electron chi connectivity index (χ0n) is 10.6. The number of sulfone groups is 1. The molecule has 0 radical (unpaired) electrons. The molecule has 0 saturated carbocycles. The van der Waals surface area contributed by atoms with Crippen LogP contribution in [0.15, 0.2) is 24.3 Å². The first kappa shape index (κ1) is 13.4. The molecule has 1 unspecified atom stereocenters. The summed E-state index contributed by atoms with van der Waals surface area (Å²) < 4.78 is 27.9. The Morgan fingerprint density at radius 3 is 2.83 bits per heavy atom. The van der Waals surface area contributed by atoms with E-state index in [9.17, 15) is 8.42 Å². The van der Waals surface area contributed by atoms with Crippen LogP contribution in [0.3, 0.4) is 0 Å². The summed E-state index contributed by atoms with van der Waals surface area (Å²) in [7, 11) is -1.13. The highest BCUT2D eigenvalue weighted by Crippen LogP contribution is 2.17. The average Bonchev–Trinajstić information content (AvgIpc) is 2.69. The van der Waals surface area contributed by atoms with E-state index >= 15 is 0 Å². The number of benzene rings is 1. The Morgan fingerprint density at radius 1 is 1.39 bits per heavy atom. The Hall–Kier alpha value is -1.07. The average molecular weight is 269 g/mol. The quantitative estimate of drug-likeness (QED) is 0.867. The molecule has 1 heterocycles. The molecule has 2 rings (SSSR count). The van der Waals surface area contributed by atoms with Crippen LogP contribution in [0.4, 0.5) is 0 Å². The van der Waals surface area contributed by atoms with Crippen LogP contribution in [-0.4, -0.2) is 39.6 Å². The number of ether oxygens (including phenoxy) is 1. The first-order valence-corrected chi connectivity index (χ1v) is 7.98. The van der Waals surface area contributed by atoms with Crippen LogP contribution >= 0.6 is 0 Å². The van der Waals surface area contributed by atoms with Crippen molar-refractivity contribution in [1.82, 2.24) is 5.32 Å². The second-order valence-corrected chi connectivity index (χ2v) is 6.84. The van der Waals surface area contributed by atoms with E-state index in [0.717, 1.165) is 30.7 Å². The third kappa shape index (κ3) is 3.46. The lowest BCUT2D eigenvalue weighted by molar-refractivity contribution is 0.408. The van der Waals surface area contributed by atoms with Crippen molar-refractivity contribution in [1.29, 1.82) is 0 Å². The Kier molecular flexibility index (Phi) is 4.24. The molecule has 0 amide bonds. The van der Waals surface area contributed by atoms with Gasteiger partial charge >= 0.3 is 0 Å². The van der Waals surface area contributed by atoms with Crippen molar-refractivity contribution in [2.45, 2.75) is 18.9 Å². The van der Waals surface area contributed by atoms with E-state index in [-0.39, 0.29) is 11.8 Å². The highest BCUT2D eigenvalue weighted by Gasteiger charge is 2.27. The minimum atomic E-state index is -2.79. The van der Waals surface area contributed by atoms with Crippen molar-refractivity contribution in [3.8, 4) is 5.75 Å². The number of hydrogen-bond donors (Lipinski definition) is 1. The van der Waals surface area contributed by atoms with Gasteiger partial charge in [-0.15, -0.1) is 0 Å². The fourth-order valence-electron chi connectivity index (χ4n) is 2.28. The van der Waals surface area contributed by atoms with Crippen molar-refractivity contribution in [3.63, 3.8) is 0 Å². The summed E-state index contributed by atoms with van der Waals surface area (Å²) in [6.45, 7) is 0.778. The first-order chi connectivity index (χ1) is 8.61. The lowest BCUT2D eigenvalue weighted by Gasteiger charge is -2.12. The Bertz CT molecular complexity index is 499. The van der Waals surface area contributed by atoms with Gasteiger partial charge in [0, 0.05) is 6.04 Å². The van der Waals surface area contributed by atoms with Crippen molar-refractivity contribution in [2.24, 2.45) is 0 Å². The summed E-state index contributed by atoms with van der Waals surface area (Å²) in [6, 6.07) is 8.02. The molecule has 1 fully saturated rings. The third-order valence-electron chi connectivity index (χ3n) is 3.25. The number of para-hydroxylation sites is 1. The molecule has 1 aliphatic rings. The van der Waals surface area contributed by atoms with E-state index in [1.165, 1.54) is 0 Å². The van der Waals surface area contributed by atoms with Gasteiger partial charge in [0.15, 0.2) is 9.84 Å². The van der Waals surface area contributed by atoms with Crippen LogP contribution in [0, 0.1) is 0 Å². The molecule has 18 heavy (non-hydrogen) atoms. The molecule has 0 spiro atoms. The fraction of sp³-hybridized carbons (Fsp3) is 0.538. The zero-order valence-corrected chi connectivity index (χ0v) is 11.4. The number of rotatable bonds is 5. The van der Waals surface area contributed by atoms with Gasteiger partial charge < -0.3 is 10.1 Å². The maximum Gasteiger partial charge on any atom is 0.151 e. The molecule has 5 heteroatoms. The van der Waals surface area contributed by atoms with Gasteiger partial charge in [0.2, 0.25) is 0 Å². The summed E-state index contributed by atoms with van der Waals surface area (Å²) in [5.74, 6) is 1.48. The van der Waals surface area contributed by atoms with E-state index in [2.05, 4.69) is 5.32 Å². The maximum absolute atomic E-state index is 11.3. The molecule has 1 aromatic carbocycles. The summed E-state index contributed by atoms with van der Waals surface area (Å²) >= 11 is 0. The highest BCUT2D eigenvalue weighted by atomic mass is 32.2. The largest absolute Gasteiger partial charge is 0.496 e. The van der Waals surface area contributed by atoms with Crippen molar-refractivity contribution in [3.05, 3.63) is 29.8 Å². The summed E-state index contributed by atoms with van der Waals surface area (Å²) in [4.78, 5) is 0. The van der Waals surface area contributed by atoms with Crippen LogP contribution in [0.2, 0.25) is 0 Å². The predicted octanol–water partition coefficient (Wildman–Crippen LogP) is 1.01. The summed E-state index contributed by atoms with van der Waals surface area (Å²) in [5.41, 5.74) is 1.15. The molecular formula is C13H19NO3S. The molecule has 4 nitrogen and oxygen atoms in total. The minimum absolute atomic E-state index is 0.115. The normalized spacial score (nSPS) is 21.9. The van der Waals surface area contributed by atoms with Gasteiger partial charge in [0.25, 0.3) is 0 Å². The number of methoxy groups -OCH3 is 1. The molecule has 1 aromatic rings. The SMILES string of the molecule is COc1ccccc1CCNC1CCS(=O)(=O)C1. The maximum atomic E-state index is 11.3. The topological polar surface area (TPSA) is 55.4 Å². The van der Waals surface area contributed by atoms with E-state index in [1.54, 1.807) is 7.11 Å². The molecular weight excluding hydrogens is 250 g/mol. The predicted molar refractivity (Wildman–Crippen MR) is 71.8 cm³/mol. The second-order valence-electron chi connectivity index (χ2n) is 4.62. The first-order valence-electron chi connectivity index (χ1n) is 6.16. The van der Waals surface area contributed by atoms with Gasteiger partial charge in [-0.05, 0) is 31.0 Å². The fourth-order valence-corrected chi connectivity index (χ4v) is 3.98. The molecule has 1 aliphatic heterocycles. The lowest BCUT2D eigenvalue weighted by atomic mass is 10.1. The Balaban J connectivity index is 1.82. The lowest BCUT2D eigenvalue weighted by Crippen LogP contribution is -2.31. The van der Waals surface area contributed by atoms with Gasteiger partial charge in [-0.1, -0.05) is 18.2 Å². The molecule has 0 aromatic heterocycles. The van der Waals surface area contributed by atoms with E-state index in [1.807, 2.05) is 24.3 Å². The van der Waals surface area contributed by atoms with Crippen LogP contribution in [0.5, 0.6) is 5.75 Å². The smallest absolute Gasteiger partial charge is 0.151 e. The van der Waals surface area contributed by atoms with Gasteiger partial charge in [-0.2, -0.15) is 0 Å². The highest BCUT2D eigenvalue weighted by molar-refractivity contribution is 7.91. The van der Waals surface area contributed by atoms with Gasteiger partial charge in [0.1, 0.15) is 5.75 Å². The monoisotopic (exact) mass is 269 g/mol. The van der Waals surface area contributed by atoms with Crippen LogP contribution in [-0.2, 0) is 16.3 Å². The zero-order chi connectivity index (χ0) is 13.0. The van der Waals surface area contributed by atoms with Crippen molar-refractivity contribution in [2.75, 3.05) is 25.2 Å². The summed E-state index contributed by atoms with van der Waals surface area (Å²) in [6.07, 6.45) is 1.58. The number of hydrogen-bond acceptors (Lipinski definition) is 4. The van der Waals surface area contributed by atoms with Crippen molar-refractivity contribution < 1.29 is 13.2 Å². The van der Waals surface area contributed by atoms with Crippen LogP contribution in [0.25, 0.3) is 0 Å². The third-order valence-corrected chi connectivity index (χ3v) is 5.02. The Labute approximate surface area is 108 Å². The van der Waals surface area contributed by atoms with E-state index < -0.39 is 9.84 Å². The standard InChI is InChI=1S/C13H19NO3S/c1-17-13-5-3-2-4-11(13)6-8-14-12-7-9-18(15,16)10-12/h2-5,12,14H,6-10H2,1H3. The molecule has 0 bridgehead atoms. The molecule has 1 N–H and O–H groups in total. The van der Waals surface area contributed by atoms with Gasteiger partial charge in [-0.25, -0.2) is 8.42 Å². The van der Waals surface area contributed by atoms with Gasteiger partial charge in [0.05, 0.1) is 18.6 Å². The molecule has 100 valence electrons. The number of nitrogens with one attached hydrogen (secondary N) is 1. The Morgan fingerprint density at radius 2 is 2.17 bits per heavy atom. The second kappa shape index (κ2) is 5.71.